The van der Waals surface area contributed by atoms with E-state index in [1.165, 1.54) is 0 Å². The molecule has 1 heterocycles. The van der Waals surface area contributed by atoms with Crippen molar-refractivity contribution in [3.63, 3.8) is 0 Å². The molecule has 1 saturated heterocycles. The van der Waals surface area contributed by atoms with Crippen LogP contribution < -0.4 is 11.1 Å². The molecule has 0 radical (unpaired) electrons. The van der Waals surface area contributed by atoms with E-state index in [2.05, 4.69) is 10.2 Å². The fourth-order valence-electron chi connectivity index (χ4n) is 2.71. The first kappa shape index (κ1) is 15.8. The standard InChI is InChI=1S/C16H25N3O2/c1-12-3-4-14(17)9-15(12)18-16(20)10-19-7-5-13(6-8-19)11-21-2/h3-4,9,13H,5-8,10-11,17H2,1-2H3,(H,18,20). The van der Waals surface area contributed by atoms with Gasteiger partial charge in [-0.2, -0.15) is 0 Å². The zero-order chi connectivity index (χ0) is 15.2. The van der Waals surface area contributed by atoms with Gasteiger partial charge in [-0.15, -0.1) is 0 Å². The predicted octanol–water partition coefficient (Wildman–Crippen LogP) is 1.87. The van der Waals surface area contributed by atoms with E-state index in [0.717, 1.165) is 43.8 Å². The van der Waals surface area contributed by atoms with Crippen molar-refractivity contribution in [1.82, 2.24) is 4.90 Å². The van der Waals surface area contributed by atoms with Crippen molar-refractivity contribution >= 4 is 17.3 Å². The van der Waals surface area contributed by atoms with Gasteiger partial charge in [-0.1, -0.05) is 6.07 Å². The number of likely N-dealkylation sites (tertiary alicyclic amines) is 1. The number of benzene rings is 1. The number of nitrogens with one attached hydrogen (secondary N) is 1. The minimum atomic E-state index is 0.0221. The summed E-state index contributed by atoms with van der Waals surface area (Å²) < 4.78 is 5.19. The van der Waals surface area contributed by atoms with Crippen molar-refractivity contribution in [3.05, 3.63) is 23.8 Å². The van der Waals surface area contributed by atoms with Crippen LogP contribution in [0.1, 0.15) is 18.4 Å². The quantitative estimate of drug-likeness (QED) is 0.813. The van der Waals surface area contributed by atoms with Crippen molar-refractivity contribution in [2.45, 2.75) is 19.8 Å². The number of rotatable bonds is 5. The van der Waals surface area contributed by atoms with Gasteiger partial charge in [0.25, 0.3) is 0 Å². The summed E-state index contributed by atoms with van der Waals surface area (Å²) in [6.45, 7) is 5.14. The van der Waals surface area contributed by atoms with Gasteiger partial charge in [0.2, 0.25) is 5.91 Å². The Labute approximate surface area is 126 Å². The summed E-state index contributed by atoms with van der Waals surface area (Å²) >= 11 is 0. The van der Waals surface area contributed by atoms with Crippen molar-refractivity contribution in [3.8, 4) is 0 Å². The average molecular weight is 291 g/mol. The molecule has 116 valence electrons. The highest BCUT2D eigenvalue weighted by atomic mass is 16.5. The molecule has 0 aromatic heterocycles. The molecule has 5 nitrogen and oxygen atoms in total. The Bertz CT molecular complexity index is 482. The molecule has 1 fully saturated rings. The Morgan fingerprint density at radius 2 is 2.14 bits per heavy atom. The molecular weight excluding hydrogens is 266 g/mol. The van der Waals surface area contributed by atoms with Crippen LogP contribution in [0.5, 0.6) is 0 Å². The molecule has 0 bridgehead atoms. The van der Waals surface area contributed by atoms with Gasteiger partial charge in [-0.25, -0.2) is 0 Å². The third-order valence-electron chi connectivity index (χ3n) is 4.01. The van der Waals surface area contributed by atoms with E-state index in [0.29, 0.717) is 18.2 Å². The van der Waals surface area contributed by atoms with Crippen molar-refractivity contribution < 1.29 is 9.53 Å². The second kappa shape index (κ2) is 7.43. The number of hydrogen-bond acceptors (Lipinski definition) is 4. The Morgan fingerprint density at radius 3 is 2.81 bits per heavy atom. The van der Waals surface area contributed by atoms with Crippen LogP contribution in [0.4, 0.5) is 11.4 Å². The highest BCUT2D eigenvalue weighted by molar-refractivity contribution is 5.93. The van der Waals surface area contributed by atoms with Crippen LogP contribution in [0.2, 0.25) is 0 Å². The molecule has 0 saturated carbocycles. The van der Waals surface area contributed by atoms with Gasteiger partial charge >= 0.3 is 0 Å². The molecule has 1 aliphatic heterocycles. The number of piperidine rings is 1. The molecule has 5 heteroatoms. The van der Waals surface area contributed by atoms with Crippen LogP contribution in [-0.4, -0.2) is 44.2 Å². The van der Waals surface area contributed by atoms with Crippen LogP contribution in [0, 0.1) is 12.8 Å². The van der Waals surface area contributed by atoms with E-state index in [4.69, 9.17) is 10.5 Å². The molecule has 21 heavy (non-hydrogen) atoms. The fourth-order valence-corrected chi connectivity index (χ4v) is 2.71. The highest BCUT2D eigenvalue weighted by Crippen LogP contribution is 2.19. The zero-order valence-electron chi connectivity index (χ0n) is 12.9. The topological polar surface area (TPSA) is 67.6 Å². The first-order valence-electron chi connectivity index (χ1n) is 7.45. The van der Waals surface area contributed by atoms with E-state index < -0.39 is 0 Å². The van der Waals surface area contributed by atoms with Crippen LogP contribution in [0.3, 0.4) is 0 Å². The van der Waals surface area contributed by atoms with Gasteiger partial charge in [-0.3, -0.25) is 9.69 Å². The van der Waals surface area contributed by atoms with Crippen molar-refractivity contribution in [2.75, 3.05) is 44.4 Å². The Morgan fingerprint density at radius 1 is 1.43 bits per heavy atom. The van der Waals surface area contributed by atoms with E-state index in [1.807, 2.05) is 19.1 Å². The molecule has 2 rings (SSSR count). The molecule has 0 spiro atoms. The van der Waals surface area contributed by atoms with Gasteiger partial charge in [0.05, 0.1) is 6.54 Å². The highest BCUT2D eigenvalue weighted by Gasteiger charge is 2.20. The monoisotopic (exact) mass is 291 g/mol. The predicted molar refractivity (Wildman–Crippen MR) is 85.3 cm³/mol. The number of hydrogen-bond donors (Lipinski definition) is 2. The van der Waals surface area contributed by atoms with Crippen LogP contribution >= 0.6 is 0 Å². The number of methoxy groups -OCH3 is 1. The SMILES string of the molecule is COCC1CCN(CC(=O)Nc2cc(N)ccc2C)CC1. The van der Waals surface area contributed by atoms with E-state index in [9.17, 15) is 4.79 Å². The number of nitrogens with zero attached hydrogens (tertiary/aromatic N) is 1. The molecule has 1 aliphatic rings. The number of ether oxygens (including phenoxy) is 1. The largest absolute Gasteiger partial charge is 0.399 e. The number of nitrogen functional groups attached to an aromatic ring is 1. The molecule has 0 aliphatic carbocycles. The summed E-state index contributed by atoms with van der Waals surface area (Å²) in [5, 5.41) is 2.95. The summed E-state index contributed by atoms with van der Waals surface area (Å²) in [5.41, 5.74) is 8.25. The summed E-state index contributed by atoms with van der Waals surface area (Å²) in [7, 11) is 1.74. The van der Waals surface area contributed by atoms with E-state index in [1.54, 1.807) is 13.2 Å². The molecule has 1 aromatic carbocycles. The molecule has 0 unspecified atom stereocenters. The minimum Gasteiger partial charge on any atom is -0.399 e. The second-order valence-corrected chi connectivity index (χ2v) is 5.80. The lowest BCUT2D eigenvalue weighted by Gasteiger charge is -2.31. The maximum Gasteiger partial charge on any atom is 0.238 e. The van der Waals surface area contributed by atoms with E-state index >= 15 is 0 Å². The van der Waals surface area contributed by atoms with Crippen LogP contribution in [0.15, 0.2) is 18.2 Å². The average Bonchev–Trinajstić information content (AvgIpc) is 2.45. The number of carbonyl (C=O) groups is 1. The van der Waals surface area contributed by atoms with Gasteiger partial charge < -0.3 is 15.8 Å². The first-order chi connectivity index (χ1) is 10.1. The van der Waals surface area contributed by atoms with Crippen LogP contribution in [-0.2, 0) is 9.53 Å². The van der Waals surface area contributed by atoms with Crippen molar-refractivity contribution in [1.29, 1.82) is 0 Å². The van der Waals surface area contributed by atoms with Gasteiger partial charge in [0.15, 0.2) is 0 Å². The Hall–Kier alpha value is -1.59. The molecular formula is C16H25N3O2. The minimum absolute atomic E-state index is 0.0221. The number of carbonyl (C=O) groups excluding carboxylic acids is 1. The second-order valence-electron chi connectivity index (χ2n) is 5.80. The van der Waals surface area contributed by atoms with Gasteiger partial charge in [-0.05, 0) is 56.5 Å². The summed E-state index contributed by atoms with van der Waals surface area (Å²) in [6, 6.07) is 5.56. The molecule has 1 amide bonds. The van der Waals surface area contributed by atoms with Crippen molar-refractivity contribution in [2.24, 2.45) is 5.92 Å². The molecule has 1 aromatic rings. The summed E-state index contributed by atoms with van der Waals surface area (Å²) in [5.74, 6) is 0.652. The lowest BCUT2D eigenvalue weighted by molar-refractivity contribution is -0.117. The smallest absolute Gasteiger partial charge is 0.238 e. The maximum absolute atomic E-state index is 12.1. The normalized spacial score (nSPS) is 16.9. The lowest BCUT2D eigenvalue weighted by Crippen LogP contribution is -2.40. The summed E-state index contributed by atoms with van der Waals surface area (Å²) in [4.78, 5) is 14.3. The number of aryl methyl sites for hydroxylation is 1. The van der Waals surface area contributed by atoms with Crippen LogP contribution in [0.25, 0.3) is 0 Å². The third kappa shape index (κ3) is 4.72. The Kier molecular flexibility index (Phi) is 5.59. The molecule has 0 atom stereocenters. The fraction of sp³-hybridized carbons (Fsp3) is 0.562. The lowest BCUT2D eigenvalue weighted by atomic mass is 9.98. The molecule has 3 N–H and O–H groups in total. The van der Waals surface area contributed by atoms with E-state index in [-0.39, 0.29) is 5.91 Å². The zero-order valence-corrected chi connectivity index (χ0v) is 12.9. The number of nitrogens with two attached hydrogens (primary N) is 1. The first-order valence-corrected chi connectivity index (χ1v) is 7.45. The third-order valence-corrected chi connectivity index (χ3v) is 4.01. The van der Waals surface area contributed by atoms with Gasteiger partial charge in [0.1, 0.15) is 0 Å². The maximum atomic E-state index is 12.1. The van der Waals surface area contributed by atoms with Gasteiger partial charge in [0, 0.05) is 25.1 Å². The number of anilines is 2. The number of amides is 1. The Balaban J connectivity index is 1.81. The summed E-state index contributed by atoms with van der Waals surface area (Å²) in [6.07, 6.45) is 2.19.